The van der Waals surface area contributed by atoms with Crippen LogP contribution in [-0.2, 0) is 6.42 Å². The smallest absolute Gasteiger partial charge is 0.0459 e. The van der Waals surface area contributed by atoms with Gasteiger partial charge in [-0.2, -0.15) is 0 Å². The van der Waals surface area contributed by atoms with E-state index in [1.807, 2.05) is 26.0 Å². The molecule has 1 N–H and O–H groups in total. The zero-order valence-electron chi connectivity index (χ0n) is 8.05. The van der Waals surface area contributed by atoms with Crippen molar-refractivity contribution in [1.29, 1.82) is 0 Å². The Morgan fingerprint density at radius 1 is 1.46 bits per heavy atom. The lowest BCUT2D eigenvalue weighted by molar-refractivity contribution is 0.237. The maximum Gasteiger partial charge on any atom is 0.0459 e. The summed E-state index contributed by atoms with van der Waals surface area (Å²) in [6, 6.07) is 6.01. The molecule has 1 atom stereocenters. The van der Waals surface area contributed by atoms with Crippen molar-refractivity contribution in [2.24, 2.45) is 5.92 Å². The molecule has 2 heteroatoms. The highest BCUT2D eigenvalue weighted by Crippen LogP contribution is 2.18. The third-order valence-electron chi connectivity index (χ3n) is 2.12. The predicted octanol–water partition coefficient (Wildman–Crippen LogP) is 2.82. The fraction of sp³-hybridized carbons (Fsp3) is 0.455. The van der Waals surface area contributed by atoms with Crippen molar-refractivity contribution < 1.29 is 5.11 Å². The van der Waals surface area contributed by atoms with Gasteiger partial charge in [-0.15, -0.1) is 0 Å². The largest absolute Gasteiger partial charge is 0.396 e. The molecule has 0 aliphatic rings. The summed E-state index contributed by atoms with van der Waals surface area (Å²) in [5, 5.41) is 9.70. The highest BCUT2D eigenvalue weighted by Gasteiger charge is 2.03. The molecule has 1 unspecified atom stereocenters. The average Bonchev–Trinajstić information content (AvgIpc) is 2.11. The zero-order chi connectivity index (χ0) is 9.84. The van der Waals surface area contributed by atoms with E-state index in [1.54, 1.807) is 0 Å². The average molecular weight is 199 g/mol. The molecule has 0 saturated carbocycles. The summed E-state index contributed by atoms with van der Waals surface area (Å²) in [7, 11) is 0. The second-order valence-electron chi connectivity index (χ2n) is 3.58. The molecule has 72 valence electrons. The van der Waals surface area contributed by atoms with Gasteiger partial charge in [0.25, 0.3) is 0 Å². The summed E-state index contributed by atoms with van der Waals surface area (Å²) in [5.41, 5.74) is 2.34. The highest BCUT2D eigenvalue weighted by molar-refractivity contribution is 6.31. The number of halogens is 1. The number of rotatable bonds is 3. The molecule has 0 radical (unpaired) electrons. The molecule has 1 aromatic rings. The molecule has 0 bridgehead atoms. The molecule has 1 nitrogen and oxygen atoms in total. The van der Waals surface area contributed by atoms with Gasteiger partial charge in [-0.05, 0) is 36.5 Å². The summed E-state index contributed by atoms with van der Waals surface area (Å²) in [6.45, 7) is 4.26. The highest BCUT2D eigenvalue weighted by atomic mass is 35.5. The SMILES string of the molecule is Cc1cc(CC(C)CO)ccc1Cl. The van der Waals surface area contributed by atoms with E-state index in [0.717, 1.165) is 17.0 Å². The van der Waals surface area contributed by atoms with Crippen molar-refractivity contribution in [3.8, 4) is 0 Å². The third-order valence-corrected chi connectivity index (χ3v) is 2.54. The molecule has 13 heavy (non-hydrogen) atoms. The molecule has 0 aliphatic carbocycles. The molecule has 1 aromatic carbocycles. The van der Waals surface area contributed by atoms with Gasteiger partial charge in [-0.25, -0.2) is 0 Å². The quantitative estimate of drug-likeness (QED) is 0.792. The van der Waals surface area contributed by atoms with Gasteiger partial charge in [0.15, 0.2) is 0 Å². The first-order valence-electron chi connectivity index (χ1n) is 4.49. The molecule has 0 spiro atoms. The van der Waals surface area contributed by atoms with Gasteiger partial charge in [0.05, 0.1) is 0 Å². The Labute approximate surface area is 84.4 Å². The molecule has 0 aliphatic heterocycles. The van der Waals surface area contributed by atoms with Crippen molar-refractivity contribution in [1.82, 2.24) is 0 Å². The number of aryl methyl sites for hydroxylation is 1. The van der Waals surface area contributed by atoms with Crippen LogP contribution in [0, 0.1) is 12.8 Å². The molecule has 0 heterocycles. The van der Waals surface area contributed by atoms with Gasteiger partial charge in [-0.1, -0.05) is 30.7 Å². The first-order chi connectivity index (χ1) is 6.13. The third kappa shape index (κ3) is 3.02. The summed E-state index contributed by atoms with van der Waals surface area (Å²) >= 11 is 5.90. The molecule has 0 amide bonds. The number of aliphatic hydroxyl groups is 1. The maximum atomic E-state index is 8.89. The Morgan fingerprint density at radius 3 is 2.69 bits per heavy atom. The van der Waals surface area contributed by atoms with Crippen LogP contribution in [0.5, 0.6) is 0 Å². The number of benzene rings is 1. The first-order valence-corrected chi connectivity index (χ1v) is 4.87. The van der Waals surface area contributed by atoms with Crippen LogP contribution in [0.1, 0.15) is 18.1 Å². The van der Waals surface area contributed by atoms with Crippen molar-refractivity contribution in [2.45, 2.75) is 20.3 Å². The van der Waals surface area contributed by atoms with E-state index < -0.39 is 0 Å². The Bertz CT molecular complexity index is 283. The molecular weight excluding hydrogens is 184 g/mol. The second kappa shape index (κ2) is 4.64. The summed E-state index contributed by atoms with van der Waals surface area (Å²) < 4.78 is 0. The van der Waals surface area contributed by atoms with Crippen LogP contribution in [0.15, 0.2) is 18.2 Å². The van der Waals surface area contributed by atoms with Crippen LogP contribution in [0.4, 0.5) is 0 Å². The molecule has 0 aromatic heterocycles. The van der Waals surface area contributed by atoms with Crippen LogP contribution >= 0.6 is 11.6 Å². The number of hydrogen-bond acceptors (Lipinski definition) is 1. The lowest BCUT2D eigenvalue weighted by Crippen LogP contribution is -2.04. The van der Waals surface area contributed by atoms with Crippen LogP contribution in [0.25, 0.3) is 0 Å². The van der Waals surface area contributed by atoms with Crippen LogP contribution < -0.4 is 0 Å². The van der Waals surface area contributed by atoms with Gasteiger partial charge < -0.3 is 5.11 Å². The van der Waals surface area contributed by atoms with E-state index in [2.05, 4.69) is 6.07 Å². The standard InChI is InChI=1S/C11H15ClO/c1-8(7-13)5-10-3-4-11(12)9(2)6-10/h3-4,6,8,13H,5,7H2,1-2H3. The second-order valence-corrected chi connectivity index (χ2v) is 3.98. The normalized spacial score (nSPS) is 12.9. The van der Waals surface area contributed by atoms with Crippen molar-refractivity contribution in [2.75, 3.05) is 6.61 Å². The fourth-order valence-electron chi connectivity index (χ4n) is 1.30. The molecule has 0 saturated heterocycles. The van der Waals surface area contributed by atoms with Gasteiger partial charge in [-0.3, -0.25) is 0 Å². The topological polar surface area (TPSA) is 20.2 Å². The van der Waals surface area contributed by atoms with Gasteiger partial charge >= 0.3 is 0 Å². The van der Waals surface area contributed by atoms with Crippen LogP contribution in [0.2, 0.25) is 5.02 Å². The lowest BCUT2D eigenvalue weighted by atomic mass is 10.0. The minimum absolute atomic E-state index is 0.238. The van der Waals surface area contributed by atoms with E-state index in [0.29, 0.717) is 5.92 Å². The zero-order valence-corrected chi connectivity index (χ0v) is 8.80. The van der Waals surface area contributed by atoms with Crippen LogP contribution in [0.3, 0.4) is 0 Å². The van der Waals surface area contributed by atoms with E-state index in [9.17, 15) is 0 Å². The molecular formula is C11H15ClO. The van der Waals surface area contributed by atoms with Gasteiger partial charge in [0, 0.05) is 11.6 Å². The van der Waals surface area contributed by atoms with Gasteiger partial charge in [0.2, 0.25) is 0 Å². The van der Waals surface area contributed by atoms with Gasteiger partial charge in [0.1, 0.15) is 0 Å². The summed E-state index contributed by atoms with van der Waals surface area (Å²) in [5.74, 6) is 0.320. The van der Waals surface area contributed by atoms with E-state index in [-0.39, 0.29) is 6.61 Å². The maximum absolute atomic E-state index is 8.89. The van der Waals surface area contributed by atoms with Crippen molar-refractivity contribution in [3.05, 3.63) is 34.3 Å². The van der Waals surface area contributed by atoms with E-state index in [4.69, 9.17) is 16.7 Å². The minimum Gasteiger partial charge on any atom is -0.396 e. The Kier molecular flexibility index (Phi) is 3.76. The Morgan fingerprint density at radius 2 is 2.15 bits per heavy atom. The monoisotopic (exact) mass is 198 g/mol. The number of hydrogen-bond donors (Lipinski definition) is 1. The summed E-state index contributed by atoms with van der Waals surface area (Å²) in [4.78, 5) is 0. The predicted molar refractivity (Wildman–Crippen MR) is 56.1 cm³/mol. The molecule has 1 rings (SSSR count). The lowest BCUT2D eigenvalue weighted by Gasteiger charge is -2.08. The minimum atomic E-state index is 0.238. The van der Waals surface area contributed by atoms with Crippen molar-refractivity contribution in [3.63, 3.8) is 0 Å². The first kappa shape index (κ1) is 10.6. The molecule has 0 fully saturated rings. The Hall–Kier alpha value is -0.530. The van der Waals surface area contributed by atoms with E-state index >= 15 is 0 Å². The van der Waals surface area contributed by atoms with Crippen molar-refractivity contribution >= 4 is 11.6 Å². The Balaban J connectivity index is 2.73. The van der Waals surface area contributed by atoms with Crippen LogP contribution in [-0.4, -0.2) is 11.7 Å². The van der Waals surface area contributed by atoms with E-state index in [1.165, 1.54) is 5.56 Å². The number of aliphatic hydroxyl groups excluding tert-OH is 1. The summed E-state index contributed by atoms with van der Waals surface area (Å²) in [6.07, 6.45) is 0.911. The fourth-order valence-corrected chi connectivity index (χ4v) is 1.42.